The molecule has 1 aromatic heterocycles. The fraction of sp³-hybridized carbons (Fsp3) is 0.143. The molecule has 2 aromatic rings. The van der Waals surface area contributed by atoms with E-state index < -0.39 is 11.9 Å². The highest BCUT2D eigenvalue weighted by atomic mass is 35.5. The van der Waals surface area contributed by atoms with E-state index in [1.807, 2.05) is 0 Å². The number of benzene rings is 1. The Morgan fingerprint density at radius 1 is 1.30 bits per heavy atom. The lowest BCUT2D eigenvalue weighted by molar-refractivity contribution is 0.0933. The molecule has 1 unspecified atom stereocenters. The van der Waals surface area contributed by atoms with Crippen LogP contribution in [0.25, 0.3) is 0 Å². The zero-order valence-electron chi connectivity index (χ0n) is 10.5. The summed E-state index contributed by atoms with van der Waals surface area (Å²) in [6, 6.07) is 8.71. The lowest BCUT2D eigenvalue weighted by atomic mass is 10.1. The minimum atomic E-state index is -0.699. The summed E-state index contributed by atoms with van der Waals surface area (Å²) in [6.45, 7) is 1.77. The molecule has 0 spiro atoms. The molecule has 2 rings (SSSR count). The molecule has 1 heterocycles. The summed E-state index contributed by atoms with van der Waals surface area (Å²) < 4.78 is 13.0. The standard InChI is InChI=1S/C14H11Cl2FN2O/c1-8(10-6-5-9(15)7-11(10)16)18-14(20)12-3-2-4-13(17)19-12/h2-8H,1H3,(H,18,20). The average Bonchev–Trinajstić information content (AvgIpc) is 2.38. The maximum Gasteiger partial charge on any atom is 0.270 e. The van der Waals surface area contributed by atoms with Gasteiger partial charge in [-0.1, -0.05) is 35.3 Å². The van der Waals surface area contributed by atoms with E-state index in [1.54, 1.807) is 25.1 Å². The van der Waals surface area contributed by atoms with Gasteiger partial charge in [0.2, 0.25) is 5.95 Å². The predicted molar refractivity (Wildman–Crippen MR) is 76.5 cm³/mol. The number of hydrogen-bond acceptors (Lipinski definition) is 2. The monoisotopic (exact) mass is 312 g/mol. The van der Waals surface area contributed by atoms with Gasteiger partial charge in [-0.25, -0.2) is 4.98 Å². The van der Waals surface area contributed by atoms with Gasteiger partial charge in [0.05, 0.1) is 6.04 Å². The Labute approximate surface area is 125 Å². The van der Waals surface area contributed by atoms with Crippen molar-refractivity contribution < 1.29 is 9.18 Å². The molecule has 6 heteroatoms. The van der Waals surface area contributed by atoms with Gasteiger partial charge in [-0.05, 0) is 36.8 Å². The second kappa shape index (κ2) is 6.20. The molecule has 1 aromatic carbocycles. The van der Waals surface area contributed by atoms with Crippen molar-refractivity contribution in [2.75, 3.05) is 0 Å². The van der Waals surface area contributed by atoms with Gasteiger partial charge in [0.25, 0.3) is 5.91 Å². The molecule has 1 atom stereocenters. The van der Waals surface area contributed by atoms with Crippen LogP contribution in [0.1, 0.15) is 29.0 Å². The normalized spacial score (nSPS) is 12.0. The van der Waals surface area contributed by atoms with Gasteiger partial charge in [0.15, 0.2) is 0 Å². The number of rotatable bonds is 3. The maximum atomic E-state index is 13.0. The Kier molecular flexibility index (Phi) is 4.57. The quantitative estimate of drug-likeness (QED) is 0.870. The number of hydrogen-bond donors (Lipinski definition) is 1. The van der Waals surface area contributed by atoms with E-state index in [4.69, 9.17) is 23.2 Å². The summed E-state index contributed by atoms with van der Waals surface area (Å²) in [5.41, 5.74) is 0.739. The van der Waals surface area contributed by atoms with Crippen molar-refractivity contribution in [1.29, 1.82) is 0 Å². The van der Waals surface area contributed by atoms with Crippen LogP contribution in [0.4, 0.5) is 4.39 Å². The topological polar surface area (TPSA) is 42.0 Å². The molecule has 0 aliphatic rings. The van der Waals surface area contributed by atoms with Gasteiger partial charge < -0.3 is 5.32 Å². The Bertz CT molecular complexity index is 649. The lowest BCUT2D eigenvalue weighted by Gasteiger charge is -2.15. The van der Waals surface area contributed by atoms with E-state index in [2.05, 4.69) is 10.3 Å². The Balaban J connectivity index is 2.15. The first-order valence-corrected chi connectivity index (χ1v) is 6.61. The van der Waals surface area contributed by atoms with Crippen LogP contribution in [0.3, 0.4) is 0 Å². The third-order valence-electron chi connectivity index (χ3n) is 2.72. The summed E-state index contributed by atoms with van der Waals surface area (Å²) >= 11 is 11.9. The number of nitrogens with one attached hydrogen (secondary N) is 1. The van der Waals surface area contributed by atoms with Gasteiger partial charge in [0.1, 0.15) is 5.69 Å². The van der Waals surface area contributed by atoms with Crippen LogP contribution in [-0.2, 0) is 0 Å². The number of nitrogens with zero attached hydrogens (tertiary/aromatic N) is 1. The number of carbonyl (C=O) groups excluding carboxylic acids is 1. The van der Waals surface area contributed by atoms with Crippen LogP contribution < -0.4 is 5.32 Å². The molecule has 104 valence electrons. The first-order chi connectivity index (χ1) is 9.47. The molecule has 0 bridgehead atoms. The van der Waals surface area contributed by atoms with Crippen molar-refractivity contribution in [3.8, 4) is 0 Å². The van der Waals surface area contributed by atoms with Gasteiger partial charge in [-0.15, -0.1) is 0 Å². The number of aromatic nitrogens is 1. The van der Waals surface area contributed by atoms with Gasteiger partial charge in [-0.3, -0.25) is 4.79 Å². The largest absolute Gasteiger partial charge is 0.344 e. The van der Waals surface area contributed by atoms with Crippen molar-refractivity contribution in [1.82, 2.24) is 10.3 Å². The molecular formula is C14H11Cl2FN2O. The minimum absolute atomic E-state index is 0.0157. The summed E-state index contributed by atoms with van der Waals surface area (Å²) in [5, 5.41) is 3.68. The van der Waals surface area contributed by atoms with Crippen molar-refractivity contribution in [2.24, 2.45) is 0 Å². The molecule has 1 amide bonds. The van der Waals surface area contributed by atoms with E-state index in [0.717, 1.165) is 5.56 Å². The predicted octanol–water partition coefficient (Wildman–Crippen LogP) is 4.02. The number of amides is 1. The number of halogens is 3. The van der Waals surface area contributed by atoms with E-state index in [-0.39, 0.29) is 11.7 Å². The Morgan fingerprint density at radius 3 is 2.70 bits per heavy atom. The van der Waals surface area contributed by atoms with Crippen LogP contribution in [0.5, 0.6) is 0 Å². The minimum Gasteiger partial charge on any atom is -0.344 e. The van der Waals surface area contributed by atoms with E-state index in [1.165, 1.54) is 18.2 Å². The molecule has 0 aliphatic carbocycles. The van der Waals surface area contributed by atoms with Crippen molar-refractivity contribution >= 4 is 29.1 Å². The SMILES string of the molecule is CC(NC(=O)c1cccc(F)n1)c1ccc(Cl)cc1Cl. The van der Waals surface area contributed by atoms with Crippen LogP contribution in [0, 0.1) is 5.95 Å². The van der Waals surface area contributed by atoms with Crippen LogP contribution in [0.15, 0.2) is 36.4 Å². The Hall–Kier alpha value is -1.65. The summed E-state index contributed by atoms with van der Waals surface area (Å²) in [7, 11) is 0. The first-order valence-electron chi connectivity index (χ1n) is 5.86. The van der Waals surface area contributed by atoms with Crippen molar-refractivity contribution in [2.45, 2.75) is 13.0 Å². The van der Waals surface area contributed by atoms with Crippen LogP contribution in [0.2, 0.25) is 10.0 Å². The fourth-order valence-electron chi connectivity index (χ4n) is 1.74. The molecule has 0 radical (unpaired) electrons. The van der Waals surface area contributed by atoms with Crippen molar-refractivity contribution in [3.63, 3.8) is 0 Å². The summed E-state index contributed by atoms with van der Waals surface area (Å²) in [4.78, 5) is 15.5. The molecule has 0 saturated carbocycles. The second-order valence-corrected chi connectivity index (χ2v) is 5.05. The fourth-order valence-corrected chi connectivity index (χ4v) is 2.31. The smallest absolute Gasteiger partial charge is 0.270 e. The zero-order valence-corrected chi connectivity index (χ0v) is 12.0. The molecule has 3 nitrogen and oxygen atoms in total. The molecule has 0 fully saturated rings. The zero-order chi connectivity index (χ0) is 14.7. The molecule has 0 aliphatic heterocycles. The lowest BCUT2D eigenvalue weighted by Crippen LogP contribution is -2.27. The molecule has 0 saturated heterocycles. The van der Waals surface area contributed by atoms with Gasteiger partial charge in [0, 0.05) is 10.0 Å². The highest BCUT2D eigenvalue weighted by Gasteiger charge is 2.15. The highest BCUT2D eigenvalue weighted by Crippen LogP contribution is 2.26. The Morgan fingerprint density at radius 2 is 2.05 bits per heavy atom. The van der Waals surface area contributed by atoms with E-state index in [9.17, 15) is 9.18 Å². The third-order valence-corrected chi connectivity index (χ3v) is 3.29. The van der Waals surface area contributed by atoms with Crippen LogP contribution >= 0.6 is 23.2 Å². The van der Waals surface area contributed by atoms with Crippen LogP contribution in [-0.4, -0.2) is 10.9 Å². The van der Waals surface area contributed by atoms with E-state index >= 15 is 0 Å². The summed E-state index contributed by atoms with van der Waals surface area (Å²) in [5.74, 6) is -1.17. The molecule has 20 heavy (non-hydrogen) atoms. The maximum absolute atomic E-state index is 13.0. The summed E-state index contributed by atoms with van der Waals surface area (Å²) in [6.07, 6.45) is 0. The number of carbonyl (C=O) groups is 1. The molecular weight excluding hydrogens is 302 g/mol. The number of pyridine rings is 1. The third kappa shape index (κ3) is 3.46. The van der Waals surface area contributed by atoms with Gasteiger partial charge in [-0.2, -0.15) is 4.39 Å². The first kappa shape index (κ1) is 14.8. The van der Waals surface area contributed by atoms with E-state index in [0.29, 0.717) is 10.0 Å². The second-order valence-electron chi connectivity index (χ2n) is 4.21. The molecule has 1 N–H and O–H groups in total. The van der Waals surface area contributed by atoms with Gasteiger partial charge >= 0.3 is 0 Å². The van der Waals surface area contributed by atoms with Crippen molar-refractivity contribution in [3.05, 3.63) is 63.6 Å². The average molecular weight is 313 g/mol. The highest BCUT2D eigenvalue weighted by molar-refractivity contribution is 6.35.